The van der Waals surface area contributed by atoms with Crippen molar-refractivity contribution in [1.82, 2.24) is 19.7 Å². The van der Waals surface area contributed by atoms with Crippen LogP contribution in [0, 0.1) is 0 Å². The number of piperazine rings is 1. The minimum absolute atomic E-state index is 0.0890. The molecule has 0 radical (unpaired) electrons. The lowest BCUT2D eigenvalue weighted by Crippen LogP contribution is -2.48. The number of pyridine rings is 1. The van der Waals surface area contributed by atoms with Gasteiger partial charge >= 0.3 is 0 Å². The minimum Gasteiger partial charge on any atom is -0.395 e. The Kier molecular flexibility index (Phi) is 6.81. The molecule has 2 aliphatic rings. The summed E-state index contributed by atoms with van der Waals surface area (Å²) in [6, 6.07) is 10.5. The van der Waals surface area contributed by atoms with Gasteiger partial charge in [-0.05, 0) is 35.4 Å². The van der Waals surface area contributed by atoms with Crippen LogP contribution >= 0.6 is 0 Å². The first kappa shape index (κ1) is 22.6. The van der Waals surface area contributed by atoms with Gasteiger partial charge in [0.2, 0.25) is 5.91 Å². The largest absolute Gasteiger partial charge is 0.395 e. The van der Waals surface area contributed by atoms with Gasteiger partial charge in [-0.1, -0.05) is 12.1 Å². The standard InChI is InChI=1S/C24H27N5O4/c1-17(31)26-20-4-2-19(3-5-20)21-22(28-12-10-27(11-13-28)14-15-30)24(33)29(23(21)32)16-18-6-8-25-9-7-18/h2-9,30H,10-16H2,1H3,(H,26,31). The zero-order chi connectivity index (χ0) is 23.4. The van der Waals surface area contributed by atoms with Crippen LogP contribution in [-0.4, -0.2) is 81.8 Å². The number of benzene rings is 1. The molecule has 33 heavy (non-hydrogen) atoms. The van der Waals surface area contributed by atoms with Gasteiger partial charge in [0, 0.05) is 57.7 Å². The molecule has 0 spiro atoms. The van der Waals surface area contributed by atoms with Gasteiger partial charge in [0.05, 0.1) is 18.7 Å². The summed E-state index contributed by atoms with van der Waals surface area (Å²) in [5.74, 6) is -0.829. The minimum atomic E-state index is -0.336. The van der Waals surface area contributed by atoms with E-state index in [4.69, 9.17) is 0 Å². The third kappa shape index (κ3) is 4.94. The van der Waals surface area contributed by atoms with Gasteiger partial charge in [-0.15, -0.1) is 0 Å². The van der Waals surface area contributed by atoms with Crippen molar-refractivity contribution < 1.29 is 19.5 Å². The highest BCUT2D eigenvalue weighted by molar-refractivity contribution is 6.35. The second-order valence-electron chi connectivity index (χ2n) is 8.09. The third-order valence-corrected chi connectivity index (χ3v) is 5.83. The number of β-amino-alcohol motifs (C(OH)–C–C–N with tert-alkyl or cyclic N) is 1. The van der Waals surface area contributed by atoms with Crippen LogP contribution in [0.15, 0.2) is 54.5 Å². The molecule has 0 bridgehead atoms. The van der Waals surface area contributed by atoms with Crippen molar-refractivity contribution in [2.75, 3.05) is 44.6 Å². The Morgan fingerprint density at radius 1 is 1.00 bits per heavy atom. The van der Waals surface area contributed by atoms with Crippen LogP contribution in [0.2, 0.25) is 0 Å². The number of carbonyl (C=O) groups is 3. The summed E-state index contributed by atoms with van der Waals surface area (Å²) in [4.78, 5) is 47.7. The fourth-order valence-corrected chi connectivity index (χ4v) is 4.19. The number of hydrogen-bond donors (Lipinski definition) is 2. The SMILES string of the molecule is CC(=O)Nc1ccc(C2=C(N3CCN(CCO)CC3)C(=O)N(Cc3ccncc3)C2=O)cc1. The Balaban J connectivity index is 1.66. The van der Waals surface area contributed by atoms with Crippen LogP contribution in [0.25, 0.3) is 5.57 Å². The van der Waals surface area contributed by atoms with Crippen LogP contribution in [0.4, 0.5) is 5.69 Å². The summed E-state index contributed by atoms with van der Waals surface area (Å²) in [6.45, 7) is 4.85. The number of aliphatic hydroxyl groups is 1. The predicted molar refractivity (Wildman–Crippen MR) is 123 cm³/mol. The van der Waals surface area contributed by atoms with E-state index in [9.17, 15) is 19.5 Å². The average molecular weight is 450 g/mol. The van der Waals surface area contributed by atoms with Crippen LogP contribution in [-0.2, 0) is 20.9 Å². The highest BCUT2D eigenvalue weighted by Gasteiger charge is 2.42. The summed E-state index contributed by atoms with van der Waals surface area (Å²) >= 11 is 0. The van der Waals surface area contributed by atoms with Crippen molar-refractivity contribution in [2.45, 2.75) is 13.5 Å². The molecule has 3 heterocycles. The second kappa shape index (κ2) is 9.93. The molecule has 172 valence electrons. The van der Waals surface area contributed by atoms with Crippen molar-refractivity contribution in [3.05, 3.63) is 65.6 Å². The number of imide groups is 1. The molecule has 0 saturated carbocycles. The van der Waals surface area contributed by atoms with E-state index in [-0.39, 0.29) is 30.9 Å². The van der Waals surface area contributed by atoms with Gasteiger partial charge in [-0.2, -0.15) is 0 Å². The van der Waals surface area contributed by atoms with E-state index in [1.54, 1.807) is 48.8 Å². The fraction of sp³-hybridized carbons (Fsp3) is 0.333. The maximum absolute atomic E-state index is 13.5. The zero-order valence-electron chi connectivity index (χ0n) is 18.5. The van der Waals surface area contributed by atoms with E-state index >= 15 is 0 Å². The molecule has 1 aromatic heterocycles. The van der Waals surface area contributed by atoms with E-state index < -0.39 is 0 Å². The van der Waals surface area contributed by atoms with Gasteiger partial charge in [-0.25, -0.2) is 0 Å². The third-order valence-electron chi connectivity index (χ3n) is 5.83. The summed E-state index contributed by atoms with van der Waals surface area (Å²) in [7, 11) is 0. The number of nitrogens with zero attached hydrogens (tertiary/aromatic N) is 4. The van der Waals surface area contributed by atoms with Crippen molar-refractivity contribution >= 4 is 29.0 Å². The number of rotatable bonds is 7. The van der Waals surface area contributed by atoms with E-state index in [0.29, 0.717) is 55.2 Å². The summed E-state index contributed by atoms with van der Waals surface area (Å²) in [5.41, 5.74) is 2.86. The number of aromatic nitrogens is 1. The Morgan fingerprint density at radius 3 is 2.27 bits per heavy atom. The van der Waals surface area contributed by atoms with E-state index in [1.165, 1.54) is 11.8 Å². The lowest BCUT2D eigenvalue weighted by Gasteiger charge is -2.36. The van der Waals surface area contributed by atoms with Crippen LogP contribution < -0.4 is 5.32 Å². The highest BCUT2D eigenvalue weighted by atomic mass is 16.3. The molecule has 4 rings (SSSR count). The molecule has 9 heteroatoms. The van der Waals surface area contributed by atoms with Crippen LogP contribution in [0.1, 0.15) is 18.1 Å². The fourth-order valence-electron chi connectivity index (χ4n) is 4.19. The Hall–Kier alpha value is -3.56. The Labute approximate surface area is 192 Å². The van der Waals surface area contributed by atoms with E-state index in [0.717, 1.165) is 5.56 Å². The average Bonchev–Trinajstić information content (AvgIpc) is 3.05. The van der Waals surface area contributed by atoms with Crippen molar-refractivity contribution in [1.29, 1.82) is 0 Å². The molecular weight excluding hydrogens is 422 g/mol. The molecule has 9 nitrogen and oxygen atoms in total. The van der Waals surface area contributed by atoms with Gasteiger partial charge in [0.25, 0.3) is 11.8 Å². The normalized spacial score (nSPS) is 17.2. The smallest absolute Gasteiger partial charge is 0.278 e. The maximum Gasteiger partial charge on any atom is 0.278 e. The number of hydrogen-bond acceptors (Lipinski definition) is 7. The van der Waals surface area contributed by atoms with Gasteiger partial charge < -0.3 is 15.3 Å². The van der Waals surface area contributed by atoms with Crippen molar-refractivity contribution in [3.8, 4) is 0 Å². The molecule has 1 fully saturated rings. The summed E-state index contributed by atoms with van der Waals surface area (Å²) in [6.07, 6.45) is 3.27. The first-order valence-corrected chi connectivity index (χ1v) is 10.9. The zero-order valence-corrected chi connectivity index (χ0v) is 18.5. The van der Waals surface area contributed by atoms with Gasteiger partial charge in [0.1, 0.15) is 5.70 Å². The number of amides is 3. The molecule has 1 saturated heterocycles. The first-order valence-electron chi connectivity index (χ1n) is 10.9. The molecule has 0 unspecified atom stereocenters. The van der Waals surface area contributed by atoms with E-state index in [2.05, 4.69) is 15.2 Å². The second-order valence-corrected chi connectivity index (χ2v) is 8.09. The molecule has 1 aromatic carbocycles. The Morgan fingerprint density at radius 2 is 1.67 bits per heavy atom. The number of aliphatic hydroxyl groups excluding tert-OH is 1. The first-order chi connectivity index (χ1) is 16.0. The molecule has 2 N–H and O–H groups in total. The van der Waals surface area contributed by atoms with Crippen molar-refractivity contribution in [3.63, 3.8) is 0 Å². The number of carbonyl (C=O) groups excluding carboxylic acids is 3. The maximum atomic E-state index is 13.5. The molecule has 0 atom stereocenters. The lowest BCUT2D eigenvalue weighted by molar-refractivity contribution is -0.138. The molecular formula is C24H27N5O4. The summed E-state index contributed by atoms with van der Waals surface area (Å²) < 4.78 is 0. The monoisotopic (exact) mass is 449 g/mol. The lowest BCUT2D eigenvalue weighted by atomic mass is 10.0. The van der Waals surface area contributed by atoms with Crippen LogP contribution in [0.3, 0.4) is 0 Å². The number of anilines is 1. The number of nitrogens with one attached hydrogen (secondary N) is 1. The van der Waals surface area contributed by atoms with Gasteiger partial charge in [0.15, 0.2) is 0 Å². The highest BCUT2D eigenvalue weighted by Crippen LogP contribution is 2.33. The molecule has 2 aliphatic heterocycles. The quantitative estimate of drug-likeness (QED) is 0.606. The topological polar surface area (TPSA) is 106 Å². The molecule has 0 aliphatic carbocycles. The van der Waals surface area contributed by atoms with Crippen molar-refractivity contribution in [2.24, 2.45) is 0 Å². The molecule has 3 amide bonds. The predicted octanol–water partition coefficient (Wildman–Crippen LogP) is 0.930. The molecule has 2 aromatic rings. The Bertz CT molecular complexity index is 1060. The van der Waals surface area contributed by atoms with Gasteiger partial charge in [-0.3, -0.25) is 29.2 Å². The van der Waals surface area contributed by atoms with E-state index in [1.807, 2.05) is 4.90 Å². The summed E-state index contributed by atoms with van der Waals surface area (Å²) in [5, 5.41) is 11.9. The van der Waals surface area contributed by atoms with Crippen LogP contribution in [0.5, 0.6) is 0 Å².